The average molecular weight is 340 g/mol. The van der Waals surface area contributed by atoms with Gasteiger partial charge in [-0.25, -0.2) is 4.98 Å². The van der Waals surface area contributed by atoms with Gasteiger partial charge in [0.05, 0.1) is 9.26 Å². The fourth-order valence-corrected chi connectivity index (χ4v) is 2.34. The van der Waals surface area contributed by atoms with Crippen LogP contribution in [0.25, 0.3) is 11.4 Å². The number of nitrogens with one attached hydrogen (secondary N) is 1. The lowest BCUT2D eigenvalue weighted by atomic mass is 10.1. The van der Waals surface area contributed by atoms with Crippen molar-refractivity contribution in [3.05, 3.63) is 49.4 Å². The number of aromatic nitrogens is 2. The topological polar surface area (TPSA) is 45.8 Å². The number of aromatic amines is 1. The molecule has 0 radical (unpaired) electrons. The molecule has 0 amide bonds. The highest BCUT2D eigenvalue weighted by atomic mass is 127. The lowest BCUT2D eigenvalue weighted by Crippen LogP contribution is -2.16. The zero-order valence-corrected chi connectivity index (χ0v) is 11.9. The first-order valence-electron chi connectivity index (χ1n) is 5.48. The van der Waals surface area contributed by atoms with Crippen molar-refractivity contribution in [2.45, 2.75) is 20.3 Å². The standard InChI is InChI=1S/C13H13IN2O/c1-3-10-11(14)13(17)16-12(15-10)9-7-5-4-6-8(9)2/h4-7H,3H2,1-2H3,(H,15,16,17). The van der Waals surface area contributed by atoms with E-state index in [2.05, 4.69) is 9.97 Å². The molecular weight excluding hydrogens is 327 g/mol. The number of hydrogen-bond acceptors (Lipinski definition) is 2. The van der Waals surface area contributed by atoms with Crippen LogP contribution < -0.4 is 5.56 Å². The Morgan fingerprint density at radius 3 is 2.71 bits per heavy atom. The lowest BCUT2D eigenvalue weighted by molar-refractivity contribution is 0.967. The van der Waals surface area contributed by atoms with Crippen LogP contribution in [0.5, 0.6) is 0 Å². The summed E-state index contributed by atoms with van der Waals surface area (Å²) in [6.07, 6.45) is 0.765. The third kappa shape index (κ3) is 2.41. The van der Waals surface area contributed by atoms with Crippen LogP contribution in [0.1, 0.15) is 18.2 Å². The summed E-state index contributed by atoms with van der Waals surface area (Å²) in [5.41, 5.74) is 2.89. The van der Waals surface area contributed by atoms with Gasteiger partial charge in [-0.15, -0.1) is 0 Å². The number of hydrogen-bond donors (Lipinski definition) is 1. The fraction of sp³-hybridized carbons (Fsp3) is 0.231. The number of nitrogens with zero attached hydrogens (tertiary/aromatic N) is 1. The first kappa shape index (κ1) is 12.3. The van der Waals surface area contributed by atoms with Crippen molar-refractivity contribution in [3.8, 4) is 11.4 Å². The van der Waals surface area contributed by atoms with E-state index in [0.717, 1.165) is 23.2 Å². The second kappa shape index (κ2) is 5.00. The van der Waals surface area contributed by atoms with Gasteiger partial charge in [0.1, 0.15) is 5.82 Å². The van der Waals surface area contributed by atoms with Crippen LogP contribution in [0.3, 0.4) is 0 Å². The molecule has 0 spiro atoms. The maximum Gasteiger partial charge on any atom is 0.264 e. The Labute approximate surface area is 113 Å². The SMILES string of the molecule is CCc1nc(-c2ccccc2C)[nH]c(=O)c1I. The van der Waals surface area contributed by atoms with Gasteiger partial charge in [-0.3, -0.25) is 4.79 Å². The number of benzene rings is 1. The maximum absolute atomic E-state index is 11.8. The van der Waals surface area contributed by atoms with Crippen LogP contribution in [0.4, 0.5) is 0 Å². The Morgan fingerprint density at radius 2 is 2.06 bits per heavy atom. The van der Waals surface area contributed by atoms with Crippen LogP contribution in [0, 0.1) is 10.5 Å². The molecule has 1 heterocycles. The first-order chi connectivity index (χ1) is 8.13. The van der Waals surface area contributed by atoms with Crippen molar-refractivity contribution in [1.29, 1.82) is 0 Å². The van der Waals surface area contributed by atoms with Crippen molar-refractivity contribution >= 4 is 22.6 Å². The van der Waals surface area contributed by atoms with E-state index in [1.165, 1.54) is 0 Å². The molecule has 0 atom stereocenters. The van der Waals surface area contributed by atoms with Gasteiger partial charge in [0.25, 0.3) is 5.56 Å². The molecule has 0 fully saturated rings. The van der Waals surface area contributed by atoms with Gasteiger partial charge >= 0.3 is 0 Å². The fourth-order valence-electron chi connectivity index (χ4n) is 1.71. The van der Waals surface area contributed by atoms with E-state index in [1.54, 1.807) is 0 Å². The zero-order valence-electron chi connectivity index (χ0n) is 9.75. The number of halogens is 1. The Hall–Kier alpha value is -1.17. The normalized spacial score (nSPS) is 10.5. The monoisotopic (exact) mass is 340 g/mol. The van der Waals surface area contributed by atoms with E-state index in [-0.39, 0.29) is 5.56 Å². The summed E-state index contributed by atoms with van der Waals surface area (Å²) in [7, 11) is 0. The number of H-pyrrole nitrogens is 1. The van der Waals surface area contributed by atoms with Gasteiger partial charge in [0, 0.05) is 5.56 Å². The Balaban J connectivity index is 2.66. The number of aryl methyl sites for hydroxylation is 2. The minimum Gasteiger partial charge on any atom is -0.306 e. The predicted molar refractivity (Wildman–Crippen MR) is 77.1 cm³/mol. The van der Waals surface area contributed by atoms with Crippen LogP contribution in [-0.2, 0) is 6.42 Å². The van der Waals surface area contributed by atoms with E-state index >= 15 is 0 Å². The molecule has 4 heteroatoms. The third-order valence-corrected chi connectivity index (χ3v) is 3.78. The summed E-state index contributed by atoms with van der Waals surface area (Å²) in [5, 5.41) is 0. The van der Waals surface area contributed by atoms with Crippen molar-refractivity contribution < 1.29 is 0 Å². The second-order valence-corrected chi connectivity index (χ2v) is 4.92. The van der Waals surface area contributed by atoms with Crippen LogP contribution >= 0.6 is 22.6 Å². The molecule has 0 saturated carbocycles. The summed E-state index contributed by atoms with van der Waals surface area (Å²) in [5.74, 6) is 0.658. The molecule has 0 bridgehead atoms. The molecule has 17 heavy (non-hydrogen) atoms. The highest BCUT2D eigenvalue weighted by Gasteiger charge is 2.09. The highest BCUT2D eigenvalue weighted by molar-refractivity contribution is 14.1. The van der Waals surface area contributed by atoms with Crippen LogP contribution in [-0.4, -0.2) is 9.97 Å². The van der Waals surface area contributed by atoms with Crippen molar-refractivity contribution in [3.63, 3.8) is 0 Å². The molecular formula is C13H13IN2O. The third-order valence-electron chi connectivity index (χ3n) is 2.67. The molecule has 1 N–H and O–H groups in total. The average Bonchev–Trinajstić information content (AvgIpc) is 2.33. The van der Waals surface area contributed by atoms with Gasteiger partial charge in [-0.2, -0.15) is 0 Å². The molecule has 1 aromatic heterocycles. The molecule has 0 saturated heterocycles. The molecule has 0 unspecified atom stereocenters. The van der Waals surface area contributed by atoms with Gasteiger partial charge in [0.15, 0.2) is 0 Å². The largest absolute Gasteiger partial charge is 0.306 e. The van der Waals surface area contributed by atoms with E-state index in [1.807, 2.05) is 60.7 Å². The summed E-state index contributed by atoms with van der Waals surface area (Å²) < 4.78 is 0.683. The molecule has 1 aromatic carbocycles. The second-order valence-electron chi connectivity index (χ2n) is 3.84. The first-order valence-corrected chi connectivity index (χ1v) is 6.56. The van der Waals surface area contributed by atoms with E-state index in [0.29, 0.717) is 9.39 Å². The van der Waals surface area contributed by atoms with Crippen molar-refractivity contribution in [2.24, 2.45) is 0 Å². The minimum atomic E-state index is -0.0595. The molecule has 0 aliphatic carbocycles. The molecule has 88 valence electrons. The van der Waals surface area contributed by atoms with Gasteiger partial charge in [-0.1, -0.05) is 31.2 Å². The number of rotatable bonds is 2. The predicted octanol–water partition coefficient (Wildman–Crippen LogP) is 2.91. The zero-order chi connectivity index (χ0) is 12.4. The molecule has 2 rings (SSSR count). The Bertz CT molecular complexity index is 605. The van der Waals surface area contributed by atoms with Crippen molar-refractivity contribution in [1.82, 2.24) is 9.97 Å². The van der Waals surface area contributed by atoms with Gasteiger partial charge in [0.2, 0.25) is 0 Å². The lowest BCUT2D eigenvalue weighted by Gasteiger charge is -2.07. The maximum atomic E-state index is 11.8. The summed E-state index contributed by atoms with van der Waals surface area (Å²) in [6.45, 7) is 4.02. The smallest absolute Gasteiger partial charge is 0.264 e. The molecule has 0 aliphatic rings. The van der Waals surface area contributed by atoms with E-state index in [4.69, 9.17) is 0 Å². The highest BCUT2D eigenvalue weighted by Crippen LogP contribution is 2.19. The van der Waals surface area contributed by atoms with Gasteiger partial charge in [-0.05, 0) is 41.5 Å². The summed E-state index contributed by atoms with van der Waals surface area (Å²) in [6, 6.07) is 7.91. The minimum absolute atomic E-state index is 0.0595. The molecule has 3 nitrogen and oxygen atoms in total. The van der Waals surface area contributed by atoms with Crippen LogP contribution in [0.15, 0.2) is 29.1 Å². The Kier molecular flexibility index (Phi) is 3.61. The van der Waals surface area contributed by atoms with Crippen LogP contribution in [0.2, 0.25) is 0 Å². The molecule has 2 aromatic rings. The van der Waals surface area contributed by atoms with E-state index < -0.39 is 0 Å². The summed E-state index contributed by atoms with van der Waals surface area (Å²) in [4.78, 5) is 19.2. The summed E-state index contributed by atoms with van der Waals surface area (Å²) >= 11 is 2.04. The van der Waals surface area contributed by atoms with Gasteiger partial charge < -0.3 is 4.98 Å². The Morgan fingerprint density at radius 1 is 1.35 bits per heavy atom. The van der Waals surface area contributed by atoms with E-state index in [9.17, 15) is 4.79 Å². The quantitative estimate of drug-likeness (QED) is 0.855. The van der Waals surface area contributed by atoms with Crippen molar-refractivity contribution in [2.75, 3.05) is 0 Å². The molecule has 0 aliphatic heterocycles.